The Morgan fingerprint density at radius 3 is 2.74 bits per heavy atom. The van der Waals surface area contributed by atoms with Crippen molar-refractivity contribution < 1.29 is 9.47 Å². The van der Waals surface area contributed by atoms with Crippen LogP contribution in [0.5, 0.6) is 0 Å². The summed E-state index contributed by atoms with van der Waals surface area (Å²) >= 11 is 12.0. The molecule has 2 rings (SSSR count). The number of pyridine rings is 1. The summed E-state index contributed by atoms with van der Waals surface area (Å²) in [7, 11) is 3.52. The lowest BCUT2D eigenvalue weighted by molar-refractivity contribution is 0.00992. The molecule has 1 aromatic rings. The van der Waals surface area contributed by atoms with Gasteiger partial charge in [-0.15, -0.1) is 0 Å². The molecule has 7 nitrogen and oxygen atoms in total. The van der Waals surface area contributed by atoms with Crippen LogP contribution >= 0.6 is 23.2 Å². The zero-order valence-corrected chi connectivity index (χ0v) is 17.5. The molecule has 9 heteroatoms. The minimum absolute atomic E-state index is 0.330. The van der Waals surface area contributed by atoms with Crippen molar-refractivity contribution in [3.63, 3.8) is 0 Å². The first-order valence-electron chi connectivity index (χ1n) is 9.25. The van der Waals surface area contributed by atoms with Gasteiger partial charge in [-0.1, -0.05) is 23.2 Å². The number of guanidine groups is 1. The van der Waals surface area contributed by atoms with Crippen LogP contribution in [0.15, 0.2) is 17.3 Å². The first-order chi connectivity index (χ1) is 13.1. The second-order valence-corrected chi connectivity index (χ2v) is 7.13. The van der Waals surface area contributed by atoms with E-state index >= 15 is 0 Å². The number of methoxy groups -OCH3 is 1. The number of hydrogen-bond acceptors (Lipinski definition) is 5. The molecule has 1 aliphatic rings. The van der Waals surface area contributed by atoms with Gasteiger partial charge < -0.3 is 25.0 Å². The van der Waals surface area contributed by atoms with Gasteiger partial charge in [0.25, 0.3) is 0 Å². The van der Waals surface area contributed by atoms with Crippen LogP contribution in [0.25, 0.3) is 0 Å². The van der Waals surface area contributed by atoms with E-state index in [2.05, 4.69) is 25.5 Å². The van der Waals surface area contributed by atoms with Crippen LogP contribution in [0.2, 0.25) is 10.0 Å². The summed E-state index contributed by atoms with van der Waals surface area (Å²) in [4.78, 5) is 10.8. The molecule has 0 unspecified atom stereocenters. The van der Waals surface area contributed by atoms with Gasteiger partial charge in [-0.2, -0.15) is 0 Å². The van der Waals surface area contributed by atoms with Gasteiger partial charge in [0.05, 0.1) is 16.1 Å². The summed E-state index contributed by atoms with van der Waals surface area (Å²) in [6.07, 6.45) is 4.87. The minimum Gasteiger partial charge on any atom is -0.385 e. The third kappa shape index (κ3) is 7.70. The summed E-state index contributed by atoms with van der Waals surface area (Å²) < 4.78 is 11.0. The number of aromatic nitrogens is 1. The Morgan fingerprint density at radius 1 is 1.30 bits per heavy atom. The fraction of sp³-hybridized carbons (Fsp3) is 0.667. The summed E-state index contributed by atoms with van der Waals surface area (Å²) in [6, 6.07) is 1.67. The molecule has 1 aromatic heterocycles. The van der Waals surface area contributed by atoms with Gasteiger partial charge in [-0.05, 0) is 25.3 Å². The molecule has 0 radical (unpaired) electrons. The van der Waals surface area contributed by atoms with Crippen LogP contribution in [0.3, 0.4) is 0 Å². The largest absolute Gasteiger partial charge is 0.385 e. The molecule has 1 aliphatic heterocycles. The van der Waals surface area contributed by atoms with Crippen molar-refractivity contribution in [1.29, 1.82) is 0 Å². The highest BCUT2D eigenvalue weighted by Crippen LogP contribution is 2.22. The Balaban J connectivity index is 1.65. The second-order valence-electron chi connectivity index (χ2n) is 6.29. The molecular formula is C18H29Cl2N5O2. The van der Waals surface area contributed by atoms with Gasteiger partial charge in [0.2, 0.25) is 0 Å². The third-order valence-corrected chi connectivity index (χ3v) is 4.80. The average molecular weight is 418 g/mol. The Hall–Kier alpha value is -1.28. The van der Waals surface area contributed by atoms with Crippen LogP contribution in [0.1, 0.15) is 19.3 Å². The number of likely N-dealkylation sites (tertiary alicyclic amines) is 1. The Morgan fingerprint density at radius 2 is 2.07 bits per heavy atom. The maximum atomic E-state index is 6.11. The van der Waals surface area contributed by atoms with Crippen LogP contribution in [-0.2, 0) is 9.47 Å². The molecule has 0 amide bonds. The zero-order valence-electron chi connectivity index (χ0n) is 16.0. The lowest BCUT2D eigenvalue weighted by Gasteiger charge is -2.34. The molecule has 0 spiro atoms. The van der Waals surface area contributed by atoms with Gasteiger partial charge in [0.15, 0.2) is 5.96 Å². The monoisotopic (exact) mass is 417 g/mol. The molecule has 0 aliphatic carbocycles. The maximum Gasteiger partial charge on any atom is 0.193 e. The number of aliphatic imine (C=N–C) groups is 1. The second kappa shape index (κ2) is 12.2. The molecule has 1 saturated heterocycles. The van der Waals surface area contributed by atoms with Crippen LogP contribution in [0, 0.1) is 0 Å². The maximum absolute atomic E-state index is 6.11. The van der Waals surface area contributed by atoms with E-state index < -0.39 is 0 Å². The lowest BCUT2D eigenvalue weighted by atomic mass is 10.1. The molecule has 27 heavy (non-hydrogen) atoms. The van der Waals surface area contributed by atoms with Crippen LogP contribution < -0.4 is 10.6 Å². The first-order valence-corrected chi connectivity index (χ1v) is 10.0. The third-order valence-electron chi connectivity index (χ3n) is 4.31. The van der Waals surface area contributed by atoms with Gasteiger partial charge in [-0.3, -0.25) is 4.99 Å². The van der Waals surface area contributed by atoms with Crippen LogP contribution in [-0.4, -0.2) is 75.5 Å². The Labute approximate surface area is 171 Å². The number of hydrogen-bond donors (Lipinski definition) is 2. The van der Waals surface area contributed by atoms with Gasteiger partial charge in [0.1, 0.15) is 5.82 Å². The van der Waals surface area contributed by atoms with Gasteiger partial charge in [-0.25, -0.2) is 4.98 Å². The number of rotatable bonds is 9. The molecule has 0 atom stereocenters. The van der Waals surface area contributed by atoms with Crippen molar-refractivity contribution in [3.05, 3.63) is 22.3 Å². The predicted octanol–water partition coefficient (Wildman–Crippen LogP) is 2.89. The van der Waals surface area contributed by atoms with Crippen LogP contribution in [0.4, 0.5) is 5.82 Å². The average Bonchev–Trinajstić information content (AvgIpc) is 2.67. The number of nitrogens with zero attached hydrogens (tertiary/aromatic N) is 3. The van der Waals surface area contributed by atoms with Crippen molar-refractivity contribution in [2.75, 3.05) is 58.9 Å². The fourth-order valence-corrected chi connectivity index (χ4v) is 3.37. The number of halogens is 2. The van der Waals surface area contributed by atoms with Crippen molar-refractivity contribution in [2.24, 2.45) is 4.99 Å². The topological polar surface area (TPSA) is 71.0 Å². The molecule has 0 saturated carbocycles. The summed E-state index contributed by atoms with van der Waals surface area (Å²) in [6.45, 7) is 4.77. The highest BCUT2D eigenvalue weighted by atomic mass is 35.5. The normalized spacial score (nSPS) is 15.9. The predicted molar refractivity (Wildman–Crippen MR) is 111 cm³/mol. The minimum atomic E-state index is 0.330. The van der Waals surface area contributed by atoms with E-state index in [4.69, 9.17) is 32.7 Å². The quantitative estimate of drug-likeness (QED) is 0.365. The molecule has 0 bridgehead atoms. The van der Waals surface area contributed by atoms with E-state index in [0.29, 0.717) is 35.1 Å². The Kier molecular flexibility index (Phi) is 9.97. The number of piperidine rings is 1. The summed E-state index contributed by atoms with van der Waals surface area (Å²) in [5.74, 6) is 1.54. The van der Waals surface area contributed by atoms with Gasteiger partial charge in [0, 0.05) is 59.7 Å². The standard InChI is InChI=1S/C18H29Cl2N5O2/c1-21-18(23-7-6-22-17-16(20)12-14(19)13-24-17)25-8-4-15(5-9-25)27-11-3-10-26-2/h12-13,15H,3-11H2,1-2H3,(H,21,23)(H,22,24). The smallest absolute Gasteiger partial charge is 0.193 e. The van der Waals surface area contributed by atoms with E-state index in [9.17, 15) is 0 Å². The highest BCUT2D eigenvalue weighted by Gasteiger charge is 2.21. The molecule has 0 aromatic carbocycles. The van der Waals surface area contributed by atoms with E-state index in [1.54, 1.807) is 26.4 Å². The summed E-state index contributed by atoms with van der Waals surface area (Å²) in [5.41, 5.74) is 0. The Bertz CT molecular complexity index is 595. The highest BCUT2D eigenvalue weighted by molar-refractivity contribution is 6.35. The zero-order chi connectivity index (χ0) is 19.5. The van der Waals surface area contributed by atoms with Crippen molar-refractivity contribution in [2.45, 2.75) is 25.4 Å². The van der Waals surface area contributed by atoms with Gasteiger partial charge >= 0.3 is 0 Å². The SMILES string of the molecule is CN=C(NCCNc1ncc(Cl)cc1Cl)N1CCC(OCCCOC)CC1. The molecule has 2 N–H and O–H groups in total. The van der Waals surface area contributed by atoms with Crippen molar-refractivity contribution >= 4 is 35.0 Å². The van der Waals surface area contributed by atoms with E-state index in [-0.39, 0.29) is 0 Å². The van der Waals surface area contributed by atoms with E-state index in [0.717, 1.165) is 51.5 Å². The number of nitrogens with one attached hydrogen (secondary N) is 2. The first kappa shape index (κ1) is 22.0. The fourth-order valence-electron chi connectivity index (χ4n) is 2.92. The van der Waals surface area contributed by atoms with Crippen molar-refractivity contribution in [1.82, 2.24) is 15.2 Å². The number of anilines is 1. The molecule has 152 valence electrons. The molecular weight excluding hydrogens is 389 g/mol. The lowest BCUT2D eigenvalue weighted by Crippen LogP contribution is -2.47. The summed E-state index contributed by atoms with van der Waals surface area (Å²) in [5, 5.41) is 7.61. The number of ether oxygens (including phenoxy) is 2. The molecule has 2 heterocycles. The van der Waals surface area contributed by atoms with E-state index in [1.165, 1.54) is 0 Å². The molecule has 1 fully saturated rings. The van der Waals surface area contributed by atoms with E-state index in [1.807, 2.05) is 0 Å². The van der Waals surface area contributed by atoms with Crippen molar-refractivity contribution in [3.8, 4) is 0 Å².